The molecule has 27 heavy (non-hydrogen) atoms. The Hall–Kier alpha value is -1.92. The van der Waals surface area contributed by atoms with Gasteiger partial charge >= 0.3 is 0 Å². The maximum atomic E-state index is 12.6. The Bertz CT molecular complexity index is 995. The molecule has 1 aromatic carbocycles. The number of hydrogen-bond acceptors (Lipinski definition) is 5. The summed E-state index contributed by atoms with van der Waals surface area (Å²) in [7, 11) is 0. The van der Waals surface area contributed by atoms with Gasteiger partial charge in [-0.05, 0) is 51.2 Å². The molecule has 4 rings (SSSR count). The number of hydrogen-bond donors (Lipinski definition) is 1. The fourth-order valence-electron chi connectivity index (χ4n) is 3.41. The summed E-state index contributed by atoms with van der Waals surface area (Å²) in [4.78, 5) is 24.4. The lowest BCUT2D eigenvalue weighted by Crippen LogP contribution is -2.30. The molecule has 1 aliphatic carbocycles. The molecule has 6 heteroatoms. The first-order chi connectivity index (χ1) is 13.0. The van der Waals surface area contributed by atoms with Gasteiger partial charge in [0.1, 0.15) is 15.7 Å². The Morgan fingerprint density at radius 2 is 2.00 bits per heavy atom. The smallest absolute Gasteiger partial charge is 0.233 e. The number of carbonyl (C=O) groups excluding carboxylic acids is 1. The quantitative estimate of drug-likeness (QED) is 0.505. The van der Waals surface area contributed by atoms with Gasteiger partial charge in [0.2, 0.25) is 5.91 Å². The third-order valence-corrected chi connectivity index (χ3v) is 7.16. The Balaban J connectivity index is 1.49. The summed E-state index contributed by atoms with van der Waals surface area (Å²) in [6.07, 6.45) is 3.46. The van der Waals surface area contributed by atoms with E-state index in [4.69, 9.17) is 0 Å². The van der Waals surface area contributed by atoms with Crippen molar-refractivity contribution in [2.45, 2.75) is 56.9 Å². The zero-order chi connectivity index (χ0) is 19.0. The van der Waals surface area contributed by atoms with Crippen molar-refractivity contribution >= 4 is 39.2 Å². The third-order valence-electron chi connectivity index (χ3n) is 4.89. The fourth-order valence-corrected chi connectivity index (χ4v) is 5.83. The SMILES string of the molecule is Cc1ccc(CNC(=O)[C@H](C)Sc2nc(C)nc3sc4c(c23)CCC4)cc1. The monoisotopic (exact) mass is 397 g/mol. The molecule has 4 nitrogen and oxygen atoms in total. The number of thioether (sulfide) groups is 1. The summed E-state index contributed by atoms with van der Waals surface area (Å²) < 4.78 is 0. The van der Waals surface area contributed by atoms with Crippen molar-refractivity contribution in [2.24, 2.45) is 0 Å². The van der Waals surface area contributed by atoms with E-state index < -0.39 is 0 Å². The molecule has 1 atom stereocenters. The first-order valence-corrected chi connectivity index (χ1v) is 11.0. The molecule has 1 amide bonds. The number of aryl methyl sites for hydroxylation is 4. The van der Waals surface area contributed by atoms with Crippen molar-refractivity contribution in [3.05, 3.63) is 51.7 Å². The van der Waals surface area contributed by atoms with Crippen molar-refractivity contribution in [1.29, 1.82) is 0 Å². The van der Waals surface area contributed by atoms with E-state index >= 15 is 0 Å². The standard InChI is InChI=1S/C21H23N3OS2/c1-12-7-9-15(10-8-12)11-22-19(25)13(2)26-20-18-16-5-4-6-17(16)27-21(18)24-14(3)23-20/h7-10,13H,4-6,11H2,1-3H3,(H,22,25)/t13-/m0/s1. The molecule has 0 spiro atoms. The van der Waals surface area contributed by atoms with Gasteiger partial charge in [-0.1, -0.05) is 41.6 Å². The lowest BCUT2D eigenvalue weighted by Gasteiger charge is -2.13. The highest BCUT2D eigenvalue weighted by atomic mass is 32.2. The Labute approximate surface area is 167 Å². The minimum absolute atomic E-state index is 0.0388. The maximum absolute atomic E-state index is 12.6. The average Bonchev–Trinajstić information content (AvgIpc) is 3.21. The Morgan fingerprint density at radius 1 is 1.22 bits per heavy atom. The van der Waals surface area contributed by atoms with E-state index in [1.807, 2.05) is 13.8 Å². The van der Waals surface area contributed by atoms with Crippen molar-refractivity contribution in [3.8, 4) is 0 Å². The topological polar surface area (TPSA) is 54.9 Å². The second kappa shape index (κ2) is 7.60. The number of nitrogens with one attached hydrogen (secondary N) is 1. The van der Waals surface area contributed by atoms with Crippen LogP contribution in [0.2, 0.25) is 0 Å². The zero-order valence-corrected chi connectivity index (χ0v) is 17.5. The predicted octanol–water partition coefficient (Wildman–Crippen LogP) is 4.59. The average molecular weight is 398 g/mol. The van der Waals surface area contributed by atoms with E-state index in [9.17, 15) is 4.79 Å². The molecule has 0 bridgehead atoms. The summed E-state index contributed by atoms with van der Waals surface area (Å²) in [5.74, 6) is 0.814. The van der Waals surface area contributed by atoms with E-state index in [-0.39, 0.29) is 11.2 Å². The zero-order valence-electron chi connectivity index (χ0n) is 15.8. The Morgan fingerprint density at radius 3 is 2.78 bits per heavy atom. The maximum Gasteiger partial charge on any atom is 0.233 e. The van der Waals surface area contributed by atoms with Crippen LogP contribution in [0.25, 0.3) is 10.2 Å². The van der Waals surface area contributed by atoms with Gasteiger partial charge in [0, 0.05) is 16.8 Å². The van der Waals surface area contributed by atoms with Crippen molar-refractivity contribution in [3.63, 3.8) is 0 Å². The minimum atomic E-state index is -0.204. The van der Waals surface area contributed by atoms with Gasteiger partial charge in [0.15, 0.2) is 0 Å². The second-order valence-corrected chi connectivity index (χ2v) is 9.49. The van der Waals surface area contributed by atoms with Crippen LogP contribution >= 0.6 is 23.1 Å². The van der Waals surface area contributed by atoms with E-state index in [1.165, 1.54) is 27.8 Å². The van der Waals surface area contributed by atoms with E-state index in [0.29, 0.717) is 6.54 Å². The van der Waals surface area contributed by atoms with Gasteiger partial charge < -0.3 is 5.32 Å². The summed E-state index contributed by atoms with van der Waals surface area (Å²) in [6, 6.07) is 8.24. The molecule has 2 heterocycles. The lowest BCUT2D eigenvalue weighted by atomic mass is 10.1. The molecular formula is C21H23N3OS2. The van der Waals surface area contributed by atoms with Crippen LogP contribution in [0.15, 0.2) is 29.3 Å². The fraction of sp³-hybridized carbons (Fsp3) is 0.381. The summed E-state index contributed by atoms with van der Waals surface area (Å²) in [5.41, 5.74) is 3.74. The summed E-state index contributed by atoms with van der Waals surface area (Å²) in [5, 5.41) is 4.98. The molecule has 0 fully saturated rings. The van der Waals surface area contributed by atoms with Crippen LogP contribution in [0, 0.1) is 13.8 Å². The van der Waals surface area contributed by atoms with Gasteiger partial charge in [0.25, 0.3) is 0 Å². The lowest BCUT2D eigenvalue weighted by molar-refractivity contribution is -0.120. The van der Waals surface area contributed by atoms with Gasteiger partial charge in [-0.25, -0.2) is 9.97 Å². The third kappa shape index (κ3) is 3.87. The molecule has 2 aromatic heterocycles. The first kappa shape index (κ1) is 18.4. The van der Waals surface area contributed by atoms with Crippen LogP contribution in [0.1, 0.15) is 40.7 Å². The van der Waals surface area contributed by atoms with Crippen LogP contribution in [-0.4, -0.2) is 21.1 Å². The molecular weight excluding hydrogens is 374 g/mol. The molecule has 140 valence electrons. The van der Waals surface area contributed by atoms with E-state index in [2.05, 4.69) is 46.5 Å². The highest BCUT2D eigenvalue weighted by molar-refractivity contribution is 8.00. The van der Waals surface area contributed by atoms with Crippen LogP contribution < -0.4 is 5.32 Å². The van der Waals surface area contributed by atoms with Gasteiger partial charge in [-0.15, -0.1) is 11.3 Å². The first-order valence-electron chi connectivity index (χ1n) is 9.30. The van der Waals surface area contributed by atoms with E-state index in [1.54, 1.807) is 23.1 Å². The number of rotatable bonds is 5. The number of carbonyl (C=O) groups is 1. The predicted molar refractivity (Wildman–Crippen MR) is 113 cm³/mol. The number of thiophene rings is 1. The van der Waals surface area contributed by atoms with Crippen molar-refractivity contribution in [2.75, 3.05) is 0 Å². The molecule has 0 saturated heterocycles. The van der Waals surface area contributed by atoms with Crippen LogP contribution in [0.3, 0.4) is 0 Å². The molecule has 3 aromatic rings. The van der Waals surface area contributed by atoms with Crippen molar-refractivity contribution in [1.82, 2.24) is 15.3 Å². The highest BCUT2D eigenvalue weighted by Gasteiger charge is 2.24. The van der Waals surface area contributed by atoms with E-state index in [0.717, 1.165) is 34.1 Å². The van der Waals surface area contributed by atoms with Crippen molar-refractivity contribution < 1.29 is 4.79 Å². The molecule has 0 aliphatic heterocycles. The summed E-state index contributed by atoms with van der Waals surface area (Å²) in [6.45, 7) is 6.49. The molecule has 0 saturated carbocycles. The normalized spacial score (nSPS) is 14.3. The molecule has 0 radical (unpaired) electrons. The minimum Gasteiger partial charge on any atom is -0.351 e. The Kier molecular flexibility index (Phi) is 5.19. The van der Waals surface area contributed by atoms with Gasteiger partial charge in [0.05, 0.1) is 5.25 Å². The van der Waals surface area contributed by atoms with Crippen LogP contribution in [0.5, 0.6) is 0 Å². The largest absolute Gasteiger partial charge is 0.351 e. The summed E-state index contributed by atoms with van der Waals surface area (Å²) >= 11 is 3.34. The second-order valence-electron chi connectivity index (χ2n) is 7.08. The highest BCUT2D eigenvalue weighted by Crippen LogP contribution is 2.41. The number of benzene rings is 1. The van der Waals surface area contributed by atoms with Crippen LogP contribution in [0.4, 0.5) is 0 Å². The van der Waals surface area contributed by atoms with Gasteiger partial charge in [-0.2, -0.15) is 0 Å². The number of amides is 1. The molecule has 1 aliphatic rings. The van der Waals surface area contributed by atoms with Crippen LogP contribution in [-0.2, 0) is 24.2 Å². The molecule has 1 N–H and O–H groups in total. The van der Waals surface area contributed by atoms with Gasteiger partial charge in [-0.3, -0.25) is 4.79 Å². The number of aromatic nitrogens is 2. The molecule has 0 unspecified atom stereocenters. The number of nitrogens with zero attached hydrogens (tertiary/aromatic N) is 2. The number of fused-ring (bicyclic) bond motifs is 3.